The molecule has 2 rings (SSSR count). The molecule has 1 fully saturated rings. The number of amides is 3. The van der Waals surface area contributed by atoms with E-state index in [1.165, 1.54) is 13.8 Å². The highest BCUT2D eigenvalue weighted by Gasteiger charge is 2.52. The fraction of sp³-hybridized carbons (Fsp3) is 0.429. The number of nitrogens with zero attached hydrogens (tertiary/aromatic N) is 3. The number of urea groups is 1. The lowest BCUT2D eigenvalue weighted by Crippen LogP contribution is -2.46. The van der Waals surface area contributed by atoms with Crippen LogP contribution in [0.1, 0.15) is 19.4 Å². The van der Waals surface area contributed by atoms with E-state index < -0.39 is 39.8 Å². The second-order valence-electron chi connectivity index (χ2n) is 5.88. The van der Waals surface area contributed by atoms with Gasteiger partial charge in [-0.05, 0) is 26.0 Å². The van der Waals surface area contributed by atoms with Crippen molar-refractivity contribution < 1.29 is 27.7 Å². The monoisotopic (exact) mass is 360 g/mol. The quantitative estimate of drug-likeness (QED) is 0.502. The number of nitrogens with two attached hydrogens (primary N) is 1. The standard InChI is InChI=1S/C14H15F3N4O4/c1-13(2)11(22)20(12(23)19(13)6-5-18)8-3-4-10(21(24)25)9(7-8)14(15,16)17/h3-4,7H,5-6,18H2,1-2H3. The molecular formula is C14H15F3N4O4. The van der Waals surface area contributed by atoms with Gasteiger partial charge in [-0.25, -0.2) is 9.69 Å². The number of halogens is 3. The van der Waals surface area contributed by atoms with Crippen LogP contribution in [0.15, 0.2) is 18.2 Å². The fourth-order valence-corrected chi connectivity index (χ4v) is 2.62. The van der Waals surface area contributed by atoms with Crippen LogP contribution in [0, 0.1) is 10.1 Å². The molecule has 2 N–H and O–H groups in total. The summed E-state index contributed by atoms with van der Waals surface area (Å²) >= 11 is 0. The largest absolute Gasteiger partial charge is 0.423 e. The van der Waals surface area contributed by atoms with Gasteiger partial charge in [0.25, 0.3) is 11.6 Å². The molecule has 0 saturated carbocycles. The van der Waals surface area contributed by atoms with Gasteiger partial charge >= 0.3 is 12.2 Å². The Labute approximate surface area is 140 Å². The van der Waals surface area contributed by atoms with Crippen molar-refractivity contribution in [2.75, 3.05) is 18.0 Å². The van der Waals surface area contributed by atoms with E-state index in [1.54, 1.807) is 0 Å². The zero-order valence-electron chi connectivity index (χ0n) is 13.3. The summed E-state index contributed by atoms with van der Waals surface area (Å²) in [5.74, 6) is -0.743. The van der Waals surface area contributed by atoms with Gasteiger partial charge in [0.05, 0.1) is 10.6 Å². The number of nitro groups is 1. The maximum atomic E-state index is 13.1. The lowest BCUT2D eigenvalue weighted by Gasteiger charge is -2.26. The predicted molar refractivity (Wildman–Crippen MR) is 80.8 cm³/mol. The van der Waals surface area contributed by atoms with Crippen LogP contribution in [0.3, 0.4) is 0 Å². The normalized spacial score (nSPS) is 17.4. The Morgan fingerprint density at radius 3 is 2.36 bits per heavy atom. The van der Waals surface area contributed by atoms with Crippen molar-refractivity contribution in [3.63, 3.8) is 0 Å². The van der Waals surface area contributed by atoms with Crippen LogP contribution in [-0.4, -0.2) is 40.4 Å². The Morgan fingerprint density at radius 1 is 1.28 bits per heavy atom. The minimum absolute atomic E-state index is 0.0349. The second kappa shape index (κ2) is 5.99. The maximum absolute atomic E-state index is 13.1. The first-order chi connectivity index (χ1) is 11.4. The molecule has 0 aromatic heterocycles. The number of carbonyl (C=O) groups excluding carboxylic acids is 2. The second-order valence-corrected chi connectivity index (χ2v) is 5.88. The highest BCUT2D eigenvalue weighted by atomic mass is 19.4. The first kappa shape index (κ1) is 18.6. The number of rotatable bonds is 4. The first-order valence-electron chi connectivity index (χ1n) is 7.14. The van der Waals surface area contributed by atoms with Crippen LogP contribution in [0.4, 0.5) is 29.3 Å². The molecule has 1 aromatic rings. The molecule has 0 radical (unpaired) electrons. The highest BCUT2D eigenvalue weighted by Crippen LogP contribution is 2.40. The molecule has 1 aliphatic rings. The molecule has 1 heterocycles. The number of anilines is 1. The Hall–Kier alpha value is -2.69. The molecule has 3 amide bonds. The van der Waals surface area contributed by atoms with Crippen LogP contribution in [0.25, 0.3) is 0 Å². The summed E-state index contributed by atoms with van der Waals surface area (Å²) in [6.07, 6.45) is -5.02. The van der Waals surface area contributed by atoms with E-state index in [9.17, 15) is 32.9 Å². The molecule has 0 spiro atoms. The average molecular weight is 360 g/mol. The Morgan fingerprint density at radius 2 is 1.88 bits per heavy atom. The van der Waals surface area contributed by atoms with E-state index in [0.717, 1.165) is 11.0 Å². The van der Waals surface area contributed by atoms with Gasteiger partial charge < -0.3 is 10.6 Å². The van der Waals surface area contributed by atoms with E-state index in [2.05, 4.69) is 0 Å². The van der Waals surface area contributed by atoms with Crippen molar-refractivity contribution in [1.29, 1.82) is 0 Å². The van der Waals surface area contributed by atoms with E-state index >= 15 is 0 Å². The van der Waals surface area contributed by atoms with E-state index in [1.807, 2.05) is 0 Å². The van der Waals surface area contributed by atoms with Crippen molar-refractivity contribution in [2.24, 2.45) is 5.73 Å². The first-order valence-corrected chi connectivity index (χ1v) is 7.14. The number of imide groups is 1. The molecule has 0 aliphatic carbocycles. The van der Waals surface area contributed by atoms with Crippen molar-refractivity contribution in [2.45, 2.75) is 25.6 Å². The van der Waals surface area contributed by atoms with Crippen molar-refractivity contribution in [3.05, 3.63) is 33.9 Å². The highest BCUT2D eigenvalue weighted by molar-refractivity contribution is 6.23. The van der Waals surface area contributed by atoms with Gasteiger partial charge in [0.1, 0.15) is 11.1 Å². The number of alkyl halides is 3. The van der Waals surface area contributed by atoms with Gasteiger partial charge in [-0.15, -0.1) is 0 Å². The van der Waals surface area contributed by atoms with Gasteiger partial charge in [0, 0.05) is 19.2 Å². The molecule has 1 aromatic carbocycles. The van der Waals surface area contributed by atoms with Gasteiger partial charge in [0.2, 0.25) is 0 Å². The summed E-state index contributed by atoms with van der Waals surface area (Å²) in [6, 6.07) is 1.15. The van der Waals surface area contributed by atoms with Crippen molar-refractivity contribution in [3.8, 4) is 0 Å². The van der Waals surface area contributed by atoms with Gasteiger partial charge in [0.15, 0.2) is 0 Å². The van der Waals surface area contributed by atoms with Crippen LogP contribution in [0.2, 0.25) is 0 Å². The molecule has 25 heavy (non-hydrogen) atoms. The summed E-state index contributed by atoms with van der Waals surface area (Å²) in [7, 11) is 0. The van der Waals surface area contributed by atoms with E-state index in [0.29, 0.717) is 17.0 Å². The third-order valence-corrected chi connectivity index (χ3v) is 3.92. The van der Waals surface area contributed by atoms with Gasteiger partial charge in [-0.1, -0.05) is 0 Å². The third kappa shape index (κ3) is 3.02. The van der Waals surface area contributed by atoms with Gasteiger partial charge in [-0.2, -0.15) is 13.2 Å². The summed E-state index contributed by atoms with van der Waals surface area (Å²) in [5.41, 5.74) is 1.03. The minimum Gasteiger partial charge on any atom is -0.329 e. The zero-order valence-corrected chi connectivity index (χ0v) is 13.3. The number of nitro benzene ring substituents is 1. The molecule has 11 heteroatoms. The van der Waals surface area contributed by atoms with Gasteiger partial charge in [-0.3, -0.25) is 14.9 Å². The lowest BCUT2D eigenvalue weighted by molar-refractivity contribution is -0.388. The Bertz CT molecular complexity index is 748. The number of carbonyl (C=O) groups is 2. The third-order valence-electron chi connectivity index (χ3n) is 3.92. The summed E-state index contributed by atoms with van der Waals surface area (Å²) < 4.78 is 39.3. The number of benzene rings is 1. The maximum Gasteiger partial charge on any atom is 0.423 e. The van der Waals surface area contributed by atoms with Crippen LogP contribution in [-0.2, 0) is 11.0 Å². The van der Waals surface area contributed by atoms with Crippen molar-refractivity contribution in [1.82, 2.24) is 4.90 Å². The van der Waals surface area contributed by atoms with Crippen LogP contribution < -0.4 is 10.6 Å². The zero-order chi connectivity index (χ0) is 19.2. The number of hydrogen-bond donors (Lipinski definition) is 1. The van der Waals surface area contributed by atoms with Crippen molar-refractivity contribution >= 4 is 23.3 Å². The molecule has 1 aliphatic heterocycles. The summed E-state index contributed by atoms with van der Waals surface area (Å²) in [5, 5.41) is 10.8. The van der Waals surface area contributed by atoms with E-state index in [4.69, 9.17) is 5.73 Å². The molecule has 1 saturated heterocycles. The van der Waals surface area contributed by atoms with Crippen LogP contribution in [0.5, 0.6) is 0 Å². The molecule has 8 nitrogen and oxygen atoms in total. The average Bonchev–Trinajstić information content (AvgIpc) is 2.66. The molecule has 0 bridgehead atoms. The van der Waals surface area contributed by atoms with Crippen LogP contribution >= 0.6 is 0 Å². The Balaban J connectivity index is 2.57. The molecule has 0 unspecified atom stereocenters. The topological polar surface area (TPSA) is 110 Å². The smallest absolute Gasteiger partial charge is 0.329 e. The molecule has 136 valence electrons. The minimum atomic E-state index is -5.02. The Kier molecular flexibility index (Phi) is 4.47. The summed E-state index contributed by atoms with van der Waals surface area (Å²) in [6.45, 7) is 2.98. The van der Waals surface area contributed by atoms with E-state index in [-0.39, 0.29) is 18.8 Å². The summed E-state index contributed by atoms with van der Waals surface area (Å²) in [4.78, 5) is 36.3. The lowest BCUT2D eigenvalue weighted by atomic mass is 10.0. The predicted octanol–water partition coefficient (Wildman–Crippen LogP) is 2.12. The fourth-order valence-electron chi connectivity index (χ4n) is 2.62. The molecular weight excluding hydrogens is 345 g/mol. The SMILES string of the molecule is CC1(C)C(=O)N(c2ccc([N+](=O)[O-])c(C(F)(F)F)c2)C(=O)N1CCN. The molecule has 0 atom stereocenters. The number of hydrogen-bond acceptors (Lipinski definition) is 5.